The molecule has 3 aromatic heterocycles. The lowest BCUT2D eigenvalue weighted by Gasteiger charge is -2.11. The monoisotopic (exact) mass is 479 g/mol. The van der Waals surface area contributed by atoms with E-state index >= 15 is 0 Å². The van der Waals surface area contributed by atoms with Crippen LogP contribution >= 0.6 is 0 Å². The Hall–Kier alpha value is -4.34. The highest BCUT2D eigenvalue weighted by molar-refractivity contribution is 6.09. The highest BCUT2D eigenvalue weighted by Gasteiger charge is 2.31. The molecular formula is C25H20F3N5O2. The average Bonchev–Trinajstić information content (AvgIpc) is 3.30. The number of imidazole rings is 1. The SMILES string of the molecule is Cc1nc2c(c3cc(C(=O)NCc4ccccn4)ccc3n2-c2ccc(OC(F)(F)F)cc2)n1C. The van der Waals surface area contributed by atoms with Crippen molar-refractivity contribution in [3.8, 4) is 11.4 Å². The van der Waals surface area contributed by atoms with Gasteiger partial charge in [0.05, 0.1) is 23.3 Å². The Kier molecular flexibility index (Phi) is 5.43. The Balaban J connectivity index is 1.55. The number of amides is 1. The van der Waals surface area contributed by atoms with Crippen LogP contribution < -0.4 is 10.1 Å². The van der Waals surface area contributed by atoms with Crippen molar-refractivity contribution in [1.29, 1.82) is 0 Å². The summed E-state index contributed by atoms with van der Waals surface area (Å²) in [6.45, 7) is 2.16. The number of pyridine rings is 1. The van der Waals surface area contributed by atoms with Crippen molar-refractivity contribution < 1.29 is 22.7 Å². The molecule has 0 radical (unpaired) electrons. The van der Waals surface area contributed by atoms with Gasteiger partial charge in [-0.05, 0) is 61.5 Å². The number of aryl methyl sites for hydroxylation is 2. The lowest BCUT2D eigenvalue weighted by Crippen LogP contribution is -2.23. The molecule has 7 nitrogen and oxygen atoms in total. The van der Waals surface area contributed by atoms with Gasteiger partial charge in [-0.1, -0.05) is 6.07 Å². The van der Waals surface area contributed by atoms with E-state index in [0.29, 0.717) is 23.4 Å². The summed E-state index contributed by atoms with van der Waals surface area (Å²) in [7, 11) is 1.88. The molecule has 2 aromatic carbocycles. The smallest absolute Gasteiger partial charge is 0.406 e. The molecule has 178 valence electrons. The quantitative estimate of drug-likeness (QED) is 0.383. The highest BCUT2D eigenvalue weighted by Crippen LogP contribution is 2.33. The number of alkyl halides is 3. The van der Waals surface area contributed by atoms with Gasteiger partial charge in [0.2, 0.25) is 0 Å². The number of carbonyl (C=O) groups excluding carboxylic acids is 1. The van der Waals surface area contributed by atoms with Crippen molar-refractivity contribution in [2.75, 3.05) is 0 Å². The predicted octanol–water partition coefficient (Wildman–Crippen LogP) is 5.05. The molecule has 0 fully saturated rings. The van der Waals surface area contributed by atoms with Crippen LogP contribution in [0.3, 0.4) is 0 Å². The Morgan fingerprint density at radius 3 is 2.54 bits per heavy atom. The molecule has 0 saturated heterocycles. The highest BCUT2D eigenvalue weighted by atomic mass is 19.4. The first kappa shape index (κ1) is 22.5. The molecule has 3 heterocycles. The molecule has 10 heteroatoms. The van der Waals surface area contributed by atoms with Gasteiger partial charge < -0.3 is 14.6 Å². The second-order valence-electron chi connectivity index (χ2n) is 8.00. The lowest BCUT2D eigenvalue weighted by atomic mass is 10.1. The van der Waals surface area contributed by atoms with Gasteiger partial charge in [0, 0.05) is 29.9 Å². The van der Waals surface area contributed by atoms with E-state index in [-0.39, 0.29) is 11.7 Å². The fourth-order valence-electron chi connectivity index (χ4n) is 4.06. The second kappa shape index (κ2) is 8.46. The molecule has 0 aliphatic carbocycles. The maximum Gasteiger partial charge on any atom is 0.573 e. The van der Waals surface area contributed by atoms with E-state index < -0.39 is 6.36 Å². The standard InChI is InChI=1S/C25H20F3N5O2/c1-15-31-23-22(32(15)2)20-13-16(24(34)30-14-17-5-3-4-12-29-17)6-11-21(20)33(23)18-7-9-19(10-8-18)35-25(26,27)28/h3-13H,14H2,1-2H3,(H,30,34). The number of halogens is 3. The van der Waals surface area contributed by atoms with E-state index in [1.54, 1.807) is 18.3 Å². The van der Waals surface area contributed by atoms with E-state index in [1.807, 2.05) is 47.4 Å². The Morgan fingerprint density at radius 1 is 1.09 bits per heavy atom. The van der Waals surface area contributed by atoms with E-state index in [9.17, 15) is 18.0 Å². The van der Waals surface area contributed by atoms with Crippen LogP contribution in [0.4, 0.5) is 13.2 Å². The first-order chi connectivity index (χ1) is 16.7. The van der Waals surface area contributed by atoms with E-state index in [2.05, 4.69) is 20.0 Å². The van der Waals surface area contributed by atoms with Crippen molar-refractivity contribution >= 4 is 28.0 Å². The molecule has 5 rings (SSSR count). The summed E-state index contributed by atoms with van der Waals surface area (Å²) in [5, 5.41) is 3.67. The third-order valence-electron chi connectivity index (χ3n) is 5.75. The zero-order chi connectivity index (χ0) is 24.7. The predicted molar refractivity (Wildman–Crippen MR) is 124 cm³/mol. The van der Waals surface area contributed by atoms with Crippen LogP contribution in [-0.4, -0.2) is 31.4 Å². The van der Waals surface area contributed by atoms with Gasteiger partial charge in [0.25, 0.3) is 5.91 Å². The second-order valence-corrected chi connectivity index (χ2v) is 8.00. The summed E-state index contributed by atoms with van der Waals surface area (Å²) in [6.07, 6.45) is -3.10. The van der Waals surface area contributed by atoms with Gasteiger partial charge in [-0.2, -0.15) is 0 Å². The summed E-state index contributed by atoms with van der Waals surface area (Å²) in [5.74, 6) is 0.205. The lowest BCUT2D eigenvalue weighted by molar-refractivity contribution is -0.274. The van der Waals surface area contributed by atoms with Crippen molar-refractivity contribution in [2.24, 2.45) is 7.05 Å². The maximum absolute atomic E-state index is 12.8. The number of ether oxygens (including phenoxy) is 1. The van der Waals surface area contributed by atoms with E-state index in [0.717, 1.165) is 27.9 Å². The maximum atomic E-state index is 12.8. The van der Waals surface area contributed by atoms with Gasteiger partial charge in [-0.3, -0.25) is 14.3 Å². The summed E-state index contributed by atoms with van der Waals surface area (Å²) in [5.41, 5.74) is 4.05. The number of rotatable bonds is 5. The third-order valence-corrected chi connectivity index (χ3v) is 5.75. The number of aromatic nitrogens is 4. The first-order valence-corrected chi connectivity index (χ1v) is 10.7. The summed E-state index contributed by atoms with van der Waals surface area (Å²) in [4.78, 5) is 21.7. The van der Waals surface area contributed by atoms with Crippen molar-refractivity contribution in [2.45, 2.75) is 19.8 Å². The fourth-order valence-corrected chi connectivity index (χ4v) is 4.06. The Labute approximate surface area is 197 Å². The van der Waals surface area contributed by atoms with E-state index in [4.69, 9.17) is 0 Å². The van der Waals surface area contributed by atoms with Crippen LogP contribution in [0, 0.1) is 6.92 Å². The summed E-state index contributed by atoms with van der Waals surface area (Å²) < 4.78 is 45.4. The molecule has 0 saturated carbocycles. The average molecular weight is 479 g/mol. The molecule has 0 aliphatic heterocycles. The molecule has 0 spiro atoms. The fraction of sp³-hybridized carbons (Fsp3) is 0.160. The Bertz CT molecular complexity index is 1540. The molecule has 0 aliphatic rings. The van der Waals surface area contributed by atoms with Crippen molar-refractivity contribution in [3.63, 3.8) is 0 Å². The zero-order valence-electron chi connectivity index (χ0n) is 18.8. The minimum absolute atomic E-state index is 0.244. The number of fused-ring (bicyclic) bond motifs is 3. The van der Waals surface area contributed by atoms with Crippen LogP contribution in [-0.2, 0) is 13.6 Å². The molecule has 0 unspecified atom stereocenters. The Morgan fingerprint density at radius 2 is 1.86 bits per heavy atom. The molecule has 35 heavy (non-hydrogen) atoms. The molecular weight excluding hydrogens is 459 g/mol. The normalized spacial score (nSPS) is 11.8. The van der Waals surface area contributed by atoms with Gasteiger partial charge in [-0.25, -0.2) is 4.98 Å². The molecule has 0 bridgehead atoms. The largest absolute Gasteiger partial charge is 0.573 e. The molecule has 1 amide bonds. The topological polar surface area (TPSA) is 74.0 Å². The molecule has 0 atom stereocenters. The third kappa shape index (κ3) is 4.30. The van der Waals surface area contributed by atoms with Gasteiger partial charge in [-0.15, -0.1) is 13.2 Å². The van der Waals surface area contributed by atoms with Crippen LogP contribution in [0.1, 0.15) is 21.9 Å². The van der Waals surface area contributed by atoms with Crippen LogP contribution in [0.25, 0.3) is 27.8 Å². The number of hydrogen-bond acceptors (Lipinski definition) is 4. The molecule has 5 aromatic rings. The van der Waals surface area contributed by atoms with Crippen molar-refractivity contribution in [3.05, 3.63) is 83.9 Å². The zero-order valence-corrected chi connectivity index (χ0v) is 18.8. The van der Waals surface area contributed by atoms with Gasteiger partial charge in [0.1, 0.15) is 11.6 Å². The van der Waals surface area contributed by atoms with Gasteiger partial charge in [0.15, 0.2) is 5.65 Å². The summed E-state index contributed by atoms with van der Waals surface area (Å²) >= 11 is 0. The minimum atomic E-state index is -4.76. The van der Waals surface area contributed by atoms with Crippen LogP contribution in [0.2, 0.25) is 0 Å². The van der Waals surface area contributed by atoms with E-state index in [1.165, 1.54) is 24.3 Å². The number of nitrogens with one attached hydrogen (secondary N) is 1. The minimum Gasteiger partial charge on any atom is -0.406 e. The molecule has 1 N–H and O–H groups in total. The number of nitrogens with zero attached hydrogens (tertiary/aromatic N) is 4. The number of hydrogen-bond donors (Lipinski definition) is 1. The first-order valence-electron chi connectivity index (χ1n) is 10.7. The number of benzene rings is 2. The van der Waals surface area contributed by atoms with Crippen LogP contribution in [0.15, 0.2) is 66.9 Å². The van der Waals surface area contributed by atoms with Gasteiger partial charge >= 0.3 is 6.36 Å². The van der Waals surface area contributed by atoms with Crippen molar-refractivity contribution in [1.82, 2.24) is 24.4 Å². The number of carbonyl (C=O) groups is 1. The summed E-state index contributed by atoms with van der Waals surface area (Å²) in [6, 6.07) is 16.4. The van der Waals surface area contributed by atoms with Crippen LogP contribution in [0.5, 0.6) is 5.75 Å².